The molecule has 7 heteroatoms. The average molecular weight is 530 g/mol. The van der Waals surface area contributed by atoms with Gasteiger partial charge in [-0.1, -0.05) is 60.6 Å². The molecule has 0 unspecified atom stereocenters. The lowest BCUT2D eigenvalue weighted by molar-refractivity contribution is -0.148. The molecule has 1 saturated heterocycles. The molecule has 39 heavy (non-hydrogen) atoms. The van der Waals surface area contributed by atoms with Crippen LogP contribution in [0.2, 0.25) is 0 Å². The summed E-state index contributed by atoms with van der Waals surface area (Å²) in [4.78, 5) is 45.6. The van der Waals surface area contributed by atoms with Crippen LogP contribution in [0.25, 0.3) is 10.9 Å². The summed E-state index contributed by atoms with van der Waals surface area (Å²) in [5.41, 5.74) is 2.40. The molecule has 1 aliphatic heterocycles. The second kappa shape index (κ2) is 10.4. The molecule has 206 valence electrons. The lowest BCUT2D eigenvalue weighted by Gasteiger charge is -2.46. The van der Waals surface area contributed by atoms with E-state index in [0.29, 0.717) is 18.4 Å². The van der Waals surface area contributed by atoms with Gasteiger partial charge in [-0.05, 0) is 62.5 Å². The topological polar surface area (TPSA) is 118 Å². The predicted molar refractivity (Wildman–Crippen MR) is 149 cm³/mol. The van der Waals surface area contributed by atoms with E-state index < -0.39 is 41.1 Å². The van der Waals surface area contributed by atoms with Crippen LogP contribution in [0.3, 0.4) is 0 Å². The van der Waals surface area contributed by atoms with E-state index in [0.717, 1.165) is 27.6 Å². The minimum Gasteiger partial charge on any atom is -0.663 e. The summed E-state index contributed by atoms with van der Waals surface area (Å²) in [7, 11) is 0. The Labute approximate surface area is 229 Å². The van der Waals surface area contributed by atoms with Gasteiger partial charge in [-0.25, -0.2) is 0 Å². The average Bonchev–Trinajstić information content (AvgIpc) is 3.45. The SMILES string of the molecule is CC1=C(C)[C@H]2[C@H](Cc3c[n-]c4ccccc34)NC(=O)[C@]23C(=O)CC[C@H](O)C(=O)/C(C)=C\[C@@H](C)C/C=C\[C@H]3[C@@H]1O. The number of aliphatic hydroxyl groups excluding tert-OH is 2. The van der Waals surface area contributed by atoms with E-state index >= 15 is 0 Å². The van der Waals surface area contributed by atoms with Crippen molar-refractivity contribution in [2.24, 2.45) is 23.2 Å². The maximum absolute atomic E-state index is 14.2. The van der Waals surface area contributed by atoms with Crippen molar-refractivity contribution in [2.45, 2.75) is 71.6 Å². The molecule has 0 bridgehead atoms. The Kier molecular flexibility index (Phi) is 7.25. The smallest absolute Gasteiger partial charge is 0.235 e. The predicted octanol–water partition coefficient (Wildman–Crippen LogP) is 3.59. The van der Waals surface area contributed by atoms with Gasteiger partial charge < -0.3 is 20.5 Å². The van der Waals surface area contributed by atoms with Gasteiger partial charge in [0.2, 0.25) is 5.91 Å². The Morgan fingerprint density at radius 3 is 2.59 bits per heavy atom. The third kappa shape index (κ3) is 4.42. The Hall–Kier alpha value is -3.29. The molecule has 1 aromatic carbocycles. The first-order valence-electron chi connectivity index (χ1n) is 13.8. The fraction of sp³-hybridized carbons (Fsp3) is 0.469. The van der Waals surface area contributed by atoms with Gasteiger partial charge in [-0.2, -0.15) is 6.20 Å². The normalized spacial score (nSPS) is 36.3. The van der Waals surface area contributed by atoms with Crippen LogP contribution in [0.4, 0.5) is 0 Å². The molecule has 0 radical (unpaired) electrons. The van der Waals surface area contributed by atoms with Gasteiger partial charge in [0.25, 0.3) is 0 Å². The number of carbonyl (C=O) groups is 3. The number of hydrogen-bond acceptors (Lipinski definition) is 5. The molecule has 7 nitrogen and oxygen atoms in total. The molecule has 1 aromatic heterocycles. The number of amides is 1. The molecule has 2 aliphatic carbocycles. The van der Waals surface area contributed by atoms with Crippen LogP contribution >= 0.6 is 0 Å². The molecule has 3 aliphatic rings. The summed E-state index contributed by atoms with van der Waals surface area (Å²) in [5, 5.41) is 26.3. The van der Waals surface area contributed by atoms with Crippen molar-refractivity contribution in [2.75, 3.05) is 0 Å². The van der Waals surface area contributed by atoms with Crippen LogP contribution in [0, 0.1) is 23.2 Å². The van der Waals surface area contributed by atoms with Crippen molar-refractivity contribution in [1.82, 2.24) is 10.3 Å². The summed E-state index contributed by atoms with van der Waals surface area (Å²) in [5.74, 6) is -2.39. The molecule has 5 rings (SSSR count). The molecule has 1 amide bonds. The van der Waals surface area contributed by atoms with E-state index in [1.807, 2.05) is 69.5 Å². The number of fused-ring (bicyclic) bond motifs is 1. The number of hydrogen-bond donors (Lipinski definition) is 3. The maximum atomic E-state index is 14.2. The molecule has 2 aromatic rings. The molecular formula is C32H37N2O5-. The zero-order valence-electron chi connectivity index (χ0n) is 23.0. The molecule has 1 fully saturated rings. The molecule has 7 atom stereocenters. The second-order valence-electron chi connectivity index (χ2n) is 11.6. The molecule has 2 heterocycles. The quantitative estimate of drug-likeness (QED) is 0.404. The van der Waals surface area contributed by atoms with Crippen molar-refractivity contribution in [3.63, 3.8) is 0 Å². The Morgan fingerprint density at radius 1 is 1.08 bits per heavy atom. The van der Waals surface area contributed by atoms with Crippen molar-refractivity contribution < 1.29 is 24.6 Å². The monoisotopic (exact) mass is 529 g/mol. The lowest BCUT2D eigenvalue weighted by Crippen LogP contribution is -2.55. The van der Waals surface area contributed by atoms with Gasteiger partial charge in [0.1, 0.15) is 17.3 Å². The van der Waals surface area contributed by atoms with E-state index in [1.165, 1.54) is 0 Å². The molecule has 0 saturated carbocycles. The molecule has 3 N–H and O–H groups in total. The number of nitrogens with one attached hydrogen (secondary N) is 1. The van der Waals surface area contributed by atoms with E-state index in [-0.39, 0.29) is 30.6 Å². The lowest BCUT2D eigenvalue weighted by atomic mass is 9.54. The van der Waals surface area contributed by atoms with Gasteiger partial charge in [-0.3, -0.25) is 14.4 Å². The first-order chi connectivity index (χ1) is 18.6. The van der Waals surface area contributed by atoms with Crippen LogP contribution in [0.1, 0.15) is 52.5 Å². The highest BCUT2D eigenvalue weighted by Crippen LogP contribution is 2.55. The Balaban J connectivity index is 1.61. The van der Waals surface area contributed by atoms with Crippen LogP contribution in [-0.2, 0) is 20.8 Å². The number of rotatable bonds is 2. The highest BCUT2D eigenvalue weighted by molar-refractivity contribution is 6.10. The zero-order valence-corrected chi connectivity index (χ0v) is 23.0. The fourth-order valence-corrected chi connectivity index (χ4v) is 7.10. The summed E-state index contributed by atoms with van der Waals surface area (Å²) in [6.45, 7) is 7.43. The molecular weight excluding hydrogens is 492 g/mol. The van der Waals surface area contributed by atoms with Gasteiger partial charge in [0.15, 0.2) is 5.78 Å². The van der Waals surface area contributed by atoms with E-state index in [9.17, 15) is 24.6 Å². The highest BCUT2D eigenvalue weighted by atomic mass is 16.3. The van der Waals surface area contributed by atoms with Gasteiger partial charge in [0.05, 0.1) is 6.10 Å². The van der Waals surface area contributed by atoms with E-state index in [2.05, 4.69) is 10.3 Å². The van der Waals surface area contributed by atoms with Crippen molar-refractivity contribution >= 4 is 28.4 Å². The summed E-state index contributed by atoms with van der Waals surface area (Å²) < 4.78 is 0. The third-order valence-electron chi connectivity index (χ3n) is 9.22. The fourth-order valence-electron chi connectivity index (χ4n) is 7.10. The molecule has 1 spiro atoms. The number of aromatic nitrogens is 1. The third-order valence-corrected chi connectivity index (χ3v) is 9.22. The van der Waals surface area contributed by atoms with Crippen molar-refractivity contribution in [3.8, 4) is 0 Å². The van der Waals surface area contributed by atoms with Gasteiger partial charge in [-0.15, -0.1) is 5.52 Å². The second-order valence-corrected chi connectivity index (χ2v) is 11.6. The van der Waals surface area contributed by atoms with Crippen LogP contribution in [0.15, 0.2) is 65.4 Å². The Bertz CT molecular complexity index is 1410. The van der Waals surface area contributed by atoms with Crippen molar-refractivity contribution in [1.29, 1.82) is 0 Å². The summed E-state index contributed by atoms with van der Waals surface area (Å²) >= 11 is 0. The highest BCUT2D eigenvalue weighted by Gasteiger charge is 2.66. The van der Waals surface area contributed by atoms with Crippen molar-refractivity contribution in [3.05, 3.63) is 71.0 Å². The van der Waals surface area contributed by atoms with E-state index in [1.54, 1.807) is 6.92 Å². The number of carbonyl (C=O) groups excluding carboxylic acids is 3. The zero-order chi connectivity index (χ0) is 28.1. The number of ketones is 2. The van der Waals surface area contributed by atoms with Gasteiger partial charge in [0, 0.05) is 24.3 Å². The minimum absolute atomic E-state index is 0.00276. The largest absolute Gasteiger partial charge is 0.663 e. The Morgan fingerprint density at radius 2 is 1.82 bits per heavy atom. The summed E-state index contributed by atoms with van der Waals surface area (Å²) in [6, 6.07) is 7.47. The number of para-hydroxylation sites is 1. The van der Waals surface area contributed by atoms with E-state index in [4.69, 9.17) is 0 Å². The summed E-state index contributed by atoms with van der Waals surface area (Å²) in [6.07, 6.45) is 5.92. The number of Topliss-reactive ketones (excluding diaryl/α,β-unsaturated/α-hetero) is 2. The van der Waals surface area contributed by atoms with Crippen LogP contribution < -0.4 is 10.3 Å². The number of nitrogens with zero attached hydrogens (tertiary/aromatic N) is 1. The first kappa shape index (κ1) is 27.3. The van der Waals surface area contributed by atoms with Crippen LogP contribution in [0.5, 0.6) is 0 Å². The maximum Gasteiger partial charge on any atom is 0.235 e. The van der Waals surface area contributed by atoms with Crippen LogP contribution in [-0.4, -0.2) is 45.9 Å². The number of allylic oxidation sites excluding steroid dienone is 2. The minimum atomic E-state index is -1.54. The number of benzene rings is 1. The first-order valence-corrected chi connectivity index (χ1v) is 13.8. The number of aliphatic hydroxyl groups is 2. The van der Waals surface area contributed by atoms with Gasteiger partial charge >= 0.3 is 0 Å². The standard InChI is InChI=1S/C32H37N2O5/c1-17-8-7-10-23-30(38)20(4)19(3)28-25(15-21-16-33-24-11-6-5-9-22(21)24)34-31(39)32(23,28)27(36)13-12-26(35)29(37)18(2)14-17/h5-7,9-11,14,16-17,23,25-26,28,30,35,38H,8,12-13,15H2,1-4H3,(H,34,39)/q-1/b10-7-,18-14-/t17-,23-,25-,26-,28-,30+,32+/m0/s1.